The minimum Gasteiger partial charge on any atom is -0.349 e. The highest BCUT2D eigenvalue weighted by atomic mass is 35.5. The minimum absolute atomic E-state index is 0.178. The third-order valence-electron chi connectivity index (χ3n) is 3.72. The number of nitrogens with one attached hydrogen (secondary N) is 2. The first-order chi connectivity index (χ1) is 12.0. The highest BCUT2D eigenvalue weighted by Crippen LogP contribution is 2.23. The van der Waals surface area contributed by atoms with Crippen molar-refractivity contribution >= 4 is 46.8 Å². The lowest BCUT2D eigenvalue weighted by Gasteiger charge is -2.10. The van der Waals surface area contributed by atoms with Gasteiger partial charge in [-0.2, -0.15) is 0 Å². The van der Waals surface area contributed by atoms with E-state index in [1.54, 1.807) is 48.5 Å². The topological polar surface area (TPSA) is 58.2 Å². The molecule has 1 aliphatic rings. The average Bonchev–Trinajstić information content (AvgIpc) is 3.38. The van der Waals surface area contributed by atoms with Gasteiger partial charge in [-0.3, -0.25) is 9.59 Å². The van der Waals surface area contributed by atoms with Crippen molar-refractivity contribution in [3.05, 3.63) is 69.7 Å². The van der Waals surface area contributed by atoms with E-state index in [9.17, 15) is 9.59 Å². The van der Waals surface area contributed by atoms with Crippen molar-refractivity contribution in [3.63, 3.8) is 0 Å². The third kappa shape index (κ3) is 4.84. The monoisotopic (exact) mass is 374 g/mol. The van der Waals surface area contributed by atoms with Crippen LogP contribution in [0.3, 0.4) is 0 Å². The summed E-state index contributed by atoms with van der Waals surface area (Å²) in [5.41, 5.74) is 1.60. The molecule has 6 heteroatoms. The van der Waals surface area contributed by atoms with Crippen molar-refractivity contribution < 1.29 is 9.59 Å². The summed E-state index contributed by atoms with van der Waals surface area (Å²) in [5.74, 6) is -0.527. The van der Waals surface area contributed by atoms with Crippen LogP contribution in [-0.4, -0.2) is 17.9 Å². The predicted octanol–water partition coefficient (Wildman–Crippen LogP) is 4.54. The Hall–Kier alpha value is -2.30. The number of halogens is 2. The van der Waals surface area contributed by atoms with Gasteiger partial charge in [0.2, 0.25) is 5.91 Å². The molecule has 0 spiro atoms. The maximum Gasteiger partial charge on any atom is 0.253 e. The van der Waals surface area contributed by atoms with Crippen LogP contribution in [0.1, 0.15) is 28.8 Å². The summed E-state index contributed by atoms with van der Waals surface area (Å²) in [6.45, 7) is 0. The number of carbonyl (C=O) groups is 2. The number of benzene rings is 2. The fourth-order valence-corrected chi connectivity index (χ4v) is 2.73. The zero-order chi connectivity index (χ0) is 17.8. The van der Waals surface area contributed by atoms with Gasteiger partial charge in [0, 0.05) is 22.2 Å². The molecule has 2 N–H and O–H groups in total. The second kappa shape index (κ2) is 7.72. The summed E-state index contributed by atoms with van der Waals surface area (Å²) < 4.78 is 0. The summed E-state index contributed by atoms with van der Waals surface area (Å²) in [6.07, 6.45) is 4.97. The first kappa shape index (κ1) is 17.5. The smallest absolute Gasteiger partial charge is 0.253 e. The zero-order valence-corrected chi connectivity index (χ0v) is 14.8. The van der Waals surface area contributed by atoms with Crippen LogP contribution >= 0.6 is 23.2 Å². The van der Waals surface area contributed by atoms with E-state index in [1.165, 1.54) is 6.08 Å². The molecule has 1 fully saturated rings. The van der Waals surface area contributed by atoms with Crippen molar-refractivity contribution in [2.24, 2.45) is 0 Å². The first-order valence-electron chi connectivity index (χ1n) is 7.87. The number of anilines is 1. The maximum atomic E-state index is 12.2. The Kier molecular flexibility index (Phi) is 5.41. The van der Waals surface area contributed by atoms with Crippen LogP contribution < -0.4 is 10.6 Å². The van der Waals surface area contributed by atoms with Crippen molar-refractivity contribution in [1.82, 2.24) is 5.32 Å². The van der Waals surface area contributed by atoms with E-state index in [2.05, 4.69) is 10.6 Å². The van der Waals surface area contributed by atoms with Crippen LogP contribution in [0.15, 0.2) is 48.5 Å². The van der Waals surface area contributed by atoms with Gasteiger partial charge in [0.15, 0.2) is 0 Å². The van der Waals surface area contributed by atoms with Crippen LogP contribution in [-0.2, 0) is 4.79 Å². The minimum atomic E-state index is -0.349. The number of carbonyl (C=O) groups excluding carboxylic acids is 2. The van der Waals surface area contributed by atoms with E-state index >= 15 is 0 Å². The van der Waals surface area contributed by atoms with Gasteiger partial charge in [0.1, 0.15) is 0 Å². The highest BCUT2D eigenvalue weighted by molar-refractivity contribution is 6.35. The van der Waals surface area contributed by atoms with E-state index < -0.39 is 0 Å². The molecule has 0 atom stereocenters. The molecule has 0 unspecified atom stereocenters. The number of rotatable bonds is 5. The van der Waals surface area contributed by atoms with Crippen molar-refractivity contribution in [2.75, 3.05) is 5.32 Å². The van der Waals surface area contributed by atoms with Gasteiger partial charge in [-0.25, -0.2) is 0 Å². The summed E-state index contributed by atoms with van der Waals surface area (Å²) in [4.78, 5) is 24.4. The predicted molar refractivity (Wildman–Crippen MR) is 101 cm³/mol. The van der Waals surface area contributed by atoms with E-state index in [0.29, 0.717) is 26.9 Å². The molecule has 0 saturated heterocycles. The molecule has 0 aromatic heterocycles. The second-order valence-electron chi connectivity index (χ2n) is 5.78. The highest BCUT2D eigenvalue weighted by Gasteiger charge is 2.24. The van der Waals surface area contributed by atoms with E-state index in [-0.39, 0.29) is 17.9 Å². The molecule has 2 aromatic carbocycles. The third-order valence-corrected chi connectivity index (χ3v) is 4.28. The molecule has 4 nitrogen and oxygen atoms in total. The Morgan fingerprint density at radius 1 is 1.08 bits per heavy atom. The average molecular weight is 375 g/mol. The Labute approximate surface area is 155 Å². The molecule has 2 aromatic rings. The first-order valence-corrected chi connectivity index (χ1v) is 8.62. The SMILES string of the molecule is O=C(/C=C/c1ccc(Cl)cc1Cl)Nc1ccccc1C(=O)NC1CC1. The van der Waals surface area contributed by atoms with Gasteiger partial charge < -0.3 is 10.6 Å². The molecule has 1 aliphatic carbocycles. The maximum absolute atomic E-state index is 12.2. The molecule has 128 valence electrons. The summed E-state index contributed by atoms with van der Waals surface area (Å²) >= 11 is 11.9. The summed E-state index contributed by atoms with van der Waals surface area (Å²) in [7, 11) is 0. The lowest BCUT2D eigenvalue weighted by molar-refractivity contribution is -0.111. The summed E-state index contributed by atoms with van der Waals surface area (Å²) in [6, 6.07) is 12.2. The Balaban J connectivity index is 1.70. The Morgan fingerprint density at radius 3 is 2.56 bits per heavy atom. The molecule has 25 heavy (non-hydrogen) atoms. The van der Waals surface area contributed by atoms with Crippen molar-refractivity contribution in [3.8, 4) is 0 Å². The number of hydrogen-bond acceptors (Lipinski definition) is 2. The molecule has 0 bridgehead atoms. The summed E-state index contributed by atoms with van der Waals surface area (Å²) in [5, 5.41) is 6.64. The van der Waals surface area contributed by atoms with Gasteiger partial charge in [-0.15, -0.1) is 0 Å². The lowest BCUT2D eigenvalue weighted by Crippen LogP contribution is -2.26. The normalized spacial score (nSPS) is 13.7. The van der Waals surface area contributed by atoms with Crippen molar-refractivity contribution in [2.45, 2.75) is 18.9 Å². The lowest BCUT2D eigenvalue weighted by atomic mass is 10.1. The number of para-hydroxylation sites is 1. The fourth-order valence-electron chi connectivity index (χ4n) is 2.26. The quantitative estimate of drug-likeness (QED) is 0.754. The van der Waals surface area contributed by atoms with Crippen LogP contribution in [0.25, 0.3) is 6.08 Å². The van der Waals surface area contributed by atoms with Gasteiger partial charge in [0.25, 0.3) is 5.91 Å². The second-order valence-corrected chi connectivity index (χ2v) is 6.63. The van der Waals surface area contributed by atoms with Crippen LogP contribution in [0.4, 0.5) is 5.69 Å². The van der Waals surface area contributed by atoms with Gasteiger partial charge in [0.05, 0.1) is 11.3 Å². The molecule has 2 amide bonds. The molecule has 0 heterocycles. The molecule has 0 aliphatic heterocycles. The molecular formula is C19H16Cl2N2O2. The Morgan fingerprint density at radius 2 is 1.84 bits per heavy atom. The van der Waals surface area contributed by atoms with E-state index in [4.69, 9.17) is 23.2 Å². The van der Waals surface area contributed by atoms with Crippen LogP contribution in [0.2, 0.25) is 10.0 Å². The molecule has 1 saturated carbocycles. The molecule has 0 radical (unpaired) electrons. The van der Waals surface area contributed by atoms with E-state index in [1.807, 2.05) is 0 Å². The van der Waals surface area contributed by atoms with Gasteiger partial charge >= 0.3 is 0 Å². The molecule has 3 rings (SSSR count). The number of hydrogen-bond donors (Lipinski definition) is 2. The van der Waals surface area contributed by atoms with Crippen molar-refractivity contribution in [1.29, 1.82) is 0 Å². The fraction of sp³-hybridized carbons (Fsp3) is 0.158. The largest absolute Gasteiger partial charge is 0.349 e. The van der Waals surface area contributed by atoms with Gasteiger partial charge in [-0.05, 0) is 48.7 Å². The van der Waals surface area contributed by atoms with Crippen LogP contribution in [0.5, 0.6) is 0 Å². The van der Waals surface area contributed by atoms with Crippen LogP contribution in [0, 0.1) is 0 Å². The Bertz CT molecular complexity index is 845. The van der Waals surface area contributed by atoms with Gasteiger partial charge in [-0.1, -0.05) is 41.4 Å². The standard InChI is InChI=1S/C19H16Cl2N2O2/c20-13-7-5-12(16(21)11-13)6-10-18(24)23-17-4-2-1-3-15(17)19(25)22-14-8-9-14/h1-7,10-11,14H,8-9H2,(H,22,25)(H,23,24)/b10-6+. The van der Waals surface area contributed by atoms with E-state index in [0.717, 1.165) is 12.8 Å². The molecular weight excluding hydrogens is 359 g/mol. The zero-order valence-electron chi connectivity index (χ0n) is 13.3. The number of amides is 2.